The number of aryl methyl sites for hydroxylation is 2. The fourth-order valence-electron chi connectivity index (χ4n) is 3.19. The van der Waals surface area contributed by atoms with Crippen molar-refractivity contribution in [1.82, 2.24) is 9.88 Å². The number of carbonyl (C=O) groups excluding carboxylic acids is 2. The van der Waals surface area contributed by atoms with Gasteiger partial charge in [-0.25, -0.2) is 14.7 Å². The molecule has 2 fully saturated rings. The van der Waals surface area contributed by atoms with Gasteiger partial charge in [0.05, 0.1) is 11.3 Å². The topological polar surface area (TPSA) is 53.5 Å². The van der Waals surface area contributed by atoms with Crippen LogP contribution < -0.4 is 4.90 Å². The molecule has 0 bridgehead atoms. The van der Waals surface area contributed by atoms with Crippen LogP contribution in [0.1, 0.15) is 36.1 Å². The number of fused-ring (bicyclic) bond motifs is 1. The Morgan fingerprint density at radius 3 is 2.52 bits per heavy atom. The lowest BCUT2D eigenvalue weighted by Crippen LogP contribution is -2.39. The highest BCUT2D eigenvalue weighted by Gasteiger charge is 2.48. The van der Waals surface area contributed by atoms with Crippen molar-refractivity contribution in [1.29, 1.82) is 0 Å². The number of carbonyl (C=O) groups is 2. The highest BCUT2D eigenvalue weighted by molar-refractivity contribution is 6.21. The van der Waals surface area contributed by atoms with Gasteiger partial charge in [-0.3, -0.25) is 4.79 Å². The molecule has 0 spiro atoms. The van der Waals surface area contributed by atoms with Crippen molar-refractivity contribution in [3.05, 3.63) is 22.9 Å². The van der Waals surface area contributed by atoms with Gasteiger partial charge in [0.2, 0.25) is 0 Å². The van der Waals surface area contributed by atoms with Gasteiger partial charge in [-0.05, 0) is 44.7 Å². The Morgan fingerprint density at radius 1 is 1.22 bits per heavy atom. The zero-order valence-corrected chi connectivity index (χ0v) is 12.8. The van der Waals surface area contributed by atoms with Crippen LogP contribution in [-0.4, -0.2) is 34.4 Å². The van der Waals surface area contributed by atoms with Crippen LogP contribution >= 0.6 is 0 Å². The quantitative estimate of drug-likeness (QED) is 0.745. The van der Waals surface area contributed by atoms with Gasteiger partial charge in [-0.2, -0.15) is 13.2 Å². The lowest BCUT2D eigenvalue weighted by atomic mass is 10.0. The van der Waals surface area contributed by atoms with Crippen molar-refractivity contribution >= 4 is 17.8 Å². The smallest absolute Gasteiger partial charge is 0.312 e. The number of amides is 3. The number of anilines is 1. The average molecular weight is 327 g/mol. The molecule has 1 aromatic rings. The first kappa shape index (κ1) is 15.8. The van der Waals surface area contributed by atoms with Gasteiger partial charge >= 0.3 is 12.2 Å². The van der Waals surface area contributed by atoms with Crippen LogP contribution in [0.15, 0.2) is 6.07 Å². The van der Waals surface area contributed by atoms with Crippen molar-refractivity contribution < 1.29 is 22.8 Å². The van der Waals surface area contributed by atoms with Crippen LogP contribution in [-0.2, 0) is 11.0 Å². The molecule has 3 heterocycles. The molecule has 0 radical (unpaired) electrons. The van der Waals surface area contributed by atoms with E-state index >= 15 is 0 Å². The summed E-state index contributed by atoms with van der Waals surface area (Å²) < 4.78 is 38.8. The van der Waals surface area contributed by atoms with E-state index in [9.17, 15) is 22.8 Å². The molecule has 3 rings (SSSR count). The largest absolute Gasteiger partial charge is 0.418 e. The molecule has 1 aromatic heterocycles. The summed E-state index contributed by atoms with van der Waals surface area (Å²) in [6.07, 6.45) is -2.26. The zero-order valence-electron chi connectivity index (χ0n) is 12.8. The number of urea groups is 1. The number of nitrogens with zero attached hydrogens (tertiary/aromatic N) is 3. The molecule has 8 heteroatoms. The van der Waals surface area contributed by atoms with Crippen molar-refractivity contribution in [3.8, 4) is 0 Å². The van der Waals surface area contributed by atoms with Gasteiger partial charge in [0.25, 0.3) is 5.91 Å². The summed E-state index contributed by atoms with van der Waals surface area (Å²) in [4.78, 5) is 31.3. The number of hydrogen-bond acceptors (Lipinski definition) is 3. The Balaban J connectivity index is 2.04. The molecule has 124 valence electrons. The van der Waals surface area contributed by atoms with Gasteiger partial charge in [0.15, 0.2) is 0 Å². The third-order valence-electron chi connectivity index (χ3n) is 4.34. The summed E-state index contributed by atoms with van der Waals surface area (Å²) >= 11 is 0. The summed E-state index contributed by atoms with van der Waals surface area (Å²) in [5, 5.41) is 0. The fraction of sp³-hybridized carbons (Fsp3) is 0.533. The maximum absolute atomic E-state index is 12.9. The first-order chi connectivity index (χ1) is 10.7. The van der Waals surface area contributed by atoms with Crippen LogP contribution in [0.25, 0.3) is 0 Å². The zero-order chi connectivity index (χ0) is 16.9. The summed E-state index contributed by atoms with van der Waals surface area (Å²) in [6.45, 7) is 3.14. The van der Waals surface area contributed by atoms with Crippen molar-refractivity contribution in [3.63, 3.8) is 0 Å². The van der Waals surface area contributed by atoms with Gasteiger partial charge < -0.3 is 4.90 Å². The van der Waals surface area contributed by atoms with E-state index in [1.165, 1.54) is 18.7 Å². The standard InChI is InChI=1S/C15H16F3N3O2/c1-8-7-10(15(16,17)18)9(2)19-12(8)21-13(22)11-5-3-4-6-20(11)14(21)23/h7,11H,3-6H2,1-2H3. The number of piperidine rings is 1. The number of halogens is 3. The van der Waals surface area contributed by atoms with E-state index in [1.54, 1.807) is 0 Å². The van der Waals surface area contributed by atoms with E-state index in [2.05, 4.69) is 4.98 Å². The first-order valence-corrected chi connectivity index (χ1v) is 7.42. The minimum atomic E-state index is -4.52. The molecule has 23 heavy (non-hydrogen) atoms. The average Bonchev–Trinajstić information content (AvgIpc) is 2.73. The maximum atomic E-state index is 12.9. The Labute approximate surface area is 131 Å². The van der Waals surface area contributed by atoms with Crippen molar-refractivity contribution in [2.75, 3.05) is 11.4 Å². The Bertz CT molecular complexity index is 663. The van der Waals surface area contributed by atoms with Crippen molar-refractivity contribution in [2.45, 2.75) is 45.3 Å². The Morgan fingerprint density at radius 2 is 1.91 bits per heavy atom. The third-order valence-corrected chi connectivity index (χ3v) is 4.34. The highest BCUT2D eigenvalue weighted by atomic mass is 19.4. The molecule has 5 nitrogen and oxygen atoms in total. The highest BCUT2D eigenvalue weighted by Crippen LogP contribution is 2.36. The predicted octanol–water partition coefficient (Wildman–Crippen LogP) is 3.04. The van der Waals surface area contributed by atoms with Crippen LogP contribution in [0.4, 0.5) is 23.8 Å². The summed E-state index contributed by atoms with van der Waals surface area (Å²) in [6, 6.07) is -0.0651. The lowest BCUT2D eigenvalue weighted by Gasteiger charge is -2.26. The second kappa shape index (κ2) is 5.21. The molecule has 0 saturated carbocycles. The minimum Gasteiger partial charge on any atom is -0.312 e. The summed E-state index contributed by atoms with van der Waals surface area (Å²) in [5.74, 6) is -0.399. The van der Waals surface area contributed by atoms with Crippen molar-refractivity contribution in [2.24, 2.45) is 0 Å². The number of alkyl halides is 3. The van der Waals surface area contributed by atoms with Gasteiger partial charge in [-0.15, -0.1) is 0 Å². The summed E-state index contributed by atoms with van der Waals surface area (Å²) in [7, 11) is 0. The number of rotatable bonds is 1. The molecule has 0 N–H and O–H groups in total. The molecular weight excluding hydrogens is 311 g/mol. The van der Waals surface area contributed by atoms with Gasteiger partial charge in [-0.1, -0.05) is 0 Å². The number of hydrogen-bond donors (Lipinski definition) is 0. The number of imide groups is 1. The second-order valence-corrected chi connectivity index (χ2v) is 5.92. The molecule has 0 aromatic carbocycles. The minimum absolute atomic E-state index is 0.0000926. The lowest BCUT2D eigenvalue weighted by molar-refractivity contribution is -0.138. The SMILES string of the molecule is Cc1cc(C(F)(F)F)c(C)nc1N1C(=O)C2CCCCN2C1=O. The monoisotopic (exact) mass is 327 g/mol. The van der Waals surface area contributed by atoms with E-state index in [4.69, 9.17) is 0 Å². The molecule has 2 aliphatic heterocycles. The van der Waals surface area contributed by atoms with Gasteiger partial charge in [0.1, 0.15) is 11.9 Å². The maximum Gasteiger partial charge on any atom is 0.418 e. The first-order valence-electron chi connectivity index (χ1n) is 7.42. The second-order valence-electron chi connectivity index (χ2n) is 5.92. The summed E-state index contributed by atoms with van der Waals surface area (Å²) in [5.41, 5.74) is -0.941. The Kier molecular flexibility index (Phi) is 3.57. The normalized spacial score (nSPS) is 21.9. The molecule has 2 aliphatic rings. The molecule has 2 saturated heterocycles. The molecule has 1 unspecified atom stereocenters. The van der Waals surface area contributed by atoms with E-state index in [0.717, 1.165) is 23.8 Å². The van der Waals surface area contributed by atoms with Crippen LogP contribution in [0.2, 0.25) is 0 Å². The van der Waals surface area contributed by atoms with Crippen LogP contribution in [0.5, 0.6) is 0 Å². The predicted molar refractivity (Wildman–Crippen MR) is 75.9 cm³/mol. The molecule has 0 aliphatic carbocycles. The van der Waals surface area contributed by atoms with Crippen LogP contribution in [0, 0.1) is 13.8 Å². The van der Waals surface area contributed by atoms with E-state index in [0.29, 0.717) is 13.0 Å². The van der Waals surface area contributed by atoms with Crippen LogP contribution in [0.3, 0.4) is 0 Å². The molecule has 1 atom stereocenters. The van der Waals surface area contributed by atoms with Gasteiger partial charge in [0, 0.05) is 6.54 Å². The number of aromatic nitrogens is 1. The fourth-order valence-corrected chi connectivity index (χ4v) is 3.19. The van der Waals surface area contributed by atoms with E-state index < -0.39 is 29.7 Å². The third kappa shape index (κ3) is 2.46. The van der Waals surface area contributed by atoms with E-state index in [1.807, 2.05) is 0 Å². The Hall–Kier alpha value is -2.12. The van der Waals surface area contributed by atoms with E-state index in [-0.39, 0.29) is 17.1 Å². The molecular formula is C15H16F3N3O2. The number of pyridine rings is 1. The molecule has 3 amide bonds.